The average Bonchev–Trinajstić information content (AvgIpc) is 2.88. The van der Waals surface area contributed by atoms with E-state index in [0.29, 0.717) is 54.0 Å². The molecule has 1 saturated heterocycles. The Kier molecular flexibility index (Phi) is 5.84. The van der Waals surface area contributed by atoms with Crippen LogP contribution in [0.4, 0.5) is 23.2 Å². The maximum absolute atomic E-state index is 14.1. The number of pyridine rings is 2. The first-order chi connectivity index (χ1) is 16.8. The van der Waals surface area contributed by atoms with Gasteiger partial charge in [0.1, 0.15) is 5.82 Å². The molecule has 0 unspecified atom stereocenters. The first kappa shape index (κ1) is 22.8. The Morgan fingerprint density at radius 2 is 1.63 bits per heavy atom. The van der Waals surface area contributed by atoms with Crippen LogP contribution in [0.5, 0.6) is 0 Å². The molecule has 0 bridgehead atoms. The highest BCUT2D eigenvalue weighted by Crippen LogP contribution is 2.32. The van der Waals surface area contributed by atoms with Gasteiger partial charge >= 0.3 is 6.18 Å². The van der Waals surface area contributed by atoms with Crippen LogP contribution in [0.25, 0.3) is 22.2 Å². The highest BCUT2D eigenvalue weighted by atomic mass is 19.4. The lowest BCUT2D eigenvalue weighted by Gasteiger charge is -2.36. The first-order valence-electron chi connectivity index (χ1n) is 11.0. The number of anilines is 1. The number of carbonyl (C=O) groups is 1. The summed E-state index contributed by atoms with van der Waals surface area (Å²) >= 11 is 0. The number of nitrogens with zero attached hydrogens (tertiary/aromatic N) is 4. The maximum Gasteiger partial charge on any atom is 0.416 e. The molecular weight excluding hydrogens is 460 g/mol. The molecule has 35 heavy (non-hydrogen) atoms. The topological polar surface area (TPSA) is 49.3 Å². The highest BCUT2D eigenvalue weighted by Gasteiger charge is 2.31. The molecule has 5 rings (SSSR count). The number of amides is 1. The van der Waals surface area contributed by atoms with Gasteiger partial charge in [-0.2, -0.15) is 13.2 Å². The summed E-state index contributed by atoms with van der Waals surface area (Å²) in [4.78, 5) is 25.6. The number of rotatable bonds is 3. The quantitative estimate of drug-likeness (QED) is 0.368. The standard InChI is InChI=1S/C26H20F4N4O/c27-19-4-5-23-21(15-19)22(16-24(32-23)17-6-8-31-9-7-17)25(35)34-12-10-33(11-13-34)20-3-1-2-18(14-20)26(28,29)30/h1-9,14-16H,10-13H2. The molecule has 1 aliphatic heterocycles. The fourth-order valence-electron chi connectivity index (χ4n) is 4.26. The predicted octanol–water partition coefficient (Wildman–Crippen LogP) is 5.42. The van der Waals surface area contributed by atoms with Crippen molar-refractivity contribution in [1.82, 2.24) is 14.9 Å². The molecule has 2 aromatic heterocycles. The van der Waals surface area contributed by atoms with Crippen LogP contribution in [0.2, 0.25) is 0 Å². The summed E-state index contributed by atoms with van der Waals surface area (Å²) in [6, 6.07) is 14.5. The maximum atomic E-state index is 14.1. The number of piperazine rings is 1. The minimum absolute atomic E-state index is 0.276. The number of fused-ring (bicyclic) bond motifs is 1. The Hall–Kier alpha value is -4.01. The van der Waals surface area contributed by atoms with Crippen molar-refractivity contribution in [1.29, 1.82) is 0 Å². The lowest BCUT2D eigenvalue weighted by molar-refractivity contribution is -0.137. The molecule has 2 aromatic carbocycles. The second-order valence-corrected chi connectivity index (χ2v) is 8.28. The molecule has 5 nitrogen and oxygen atoms in total. The number of halogens is 4. The monoisotopic (exact) mass is 480 g/mol. The van der Waals surface area contributed by atoms with E-state index < -0.39 is 17.6 Å². The Morgan fingerprint density at radius 1 is 0.886 bits per heavy atom. The Labute approximate surface area is 198 Å². The van der Waals surface area contributed by atoms with Crippen LogP contribution in [-0.2, 0) is 6.18 Å². The van der Waals surface area contributed by atoms with Crippen molar-refractivity contribution in [2.75, 3.05) is 31.1 Å². The smallest absolute Gasteiger partial charge is 0.368 e. The zero-order chi connectivity index (χ0) is 24.6. The number of alkyl halides is 3. The fourth-order valence-corrected chi connectivity index (χ4v) is 4.26. The van der Waals surface area contributed by atoms with Gasteiger partial charge in [0, 0.05) is 55.2 Å². The molecule has 1 aliphatic rings. The summed E-state index contributed by atoms with van der Waals surface area (Å²) < 4.78 is 53.3. The molecule has 0 atom stereocenters. The lowest BCUT2D eigenvalue weighted by Crippen LogP contribution is -2.48. The molecular formula is C26H20F4N4O. The van der Waals surface area contributed by atoms with E-state index in [1.807, 2.05) is 4.90 Å². The number of benzene rings is 2. The molecule has 0 radical (unpaired) electrons. The van der Waals surface area contributed by atoms with Crippen molar-refractivity contribution >= 4 is 22.5 Å². The van der Waals surface area contributed by atoms with Gasteiger partial charge in [-0.3, -0.25) is 9.78 Å². The van der Waals surface area contributed by atoms with Gasteiger partial charge in [0.25, 0.3) is 5.91 Å². The van der Waals surface area contributed by atoms with Crippen LogP contribution in [0.15, 0.2) is 73.1 Å². The van der Waals surface area contributed by atoms with Gasteiger partial charge in [0.05, 0.1) is 22.3 Å². The summed E-state index contributed by atoms with van der Waals surface area (Å²) in [5.74, 6) is -0.749. The number of aromatic nitrogens is 2. The summed E-state index contributed by atoms with van der Waals surface area (Å²) in [6.07, 6.45) is -1.17. The summed E-state index contributed by atoms with van der Waals surface area (Å²) in [5, 5.41) is 0.410. The van der Waals surface area contributed by atoms with E-state index in [9.17, 15) is 22.4 Å². The second-order valence-electron chi connectivity index (χ2n) is 8.28. The summed E-state index contributed by atoms with van der Waals surface area (Å²) in [5.41, 5.74) is 1.92. The van der Waals surface area contributed by atoms with E-state index in [1.165, 1.54) is 24.3 Å². The van der Waals surface area contributed by atoms with E-state index in [0.717, 1.165) is 17.7 Å². The molecule has 1 fully saturated rings. The molecule has 9 heteroatoms. The van der Waals surface area contributed by atoms with E-state index in [4.69, 9.17) is 0 Å². The van der Waals surface area contributed by atoms with E-state index in [1.54, 1.807) is 41.6 Å². The molecule has 4 aromatic rings. The van der Waals surface area contributed by atoms with Crippen molar-refractivity contribution < 1.29 is 22.4 Å². The highest BCUT2D eigenvalue weighted by molar-refractivity contribution is 6.07. The lowest BCUT2D eigenvalue weighted by atomic mass is 10.0. The molecule has 178 valence electrons. The van der Waals surface area contributed by atoms with Gasteiger partial charge in [-0.1, -0.05) is 6.07 Å². The number of carbonyl (C=O) groups excluding carboxylic acids is 1. The Balaban J connectivity index is 1.42. The average molecular weight is 480 g/mol. The normalized spacial score (nSPS) is 14.4. The molecule has 0 spiro atoms. The van der Waals surface area contributed by atoms with Gasteiger partial charge in [0.2, 0.25) is 0 Å². The van der Waals surface area contributed by atoms with Gasteiger partial charge < -0.3 is 9.80 Å². The van der Waals surface area contributed by atoms with Gasteiger partial charge in [-0.15, -0.1) is 0 Å². The number of hydrogen-bond donors (Lipinski definition) is 0. The van der Waals surface area contributed by atoms with Crippen molar-refractivity contribution in [3.63, 3.8) is 0 Å². The van der Waals surface area contributed by atoms with Crippen LogP contribution in [0.1, 0.15) is 15.9 Å². The van der Waals surface area contributed by atoms with Crippen LogP contribution in [0.3, 0.4) is 0 Å². The Morgan fingerprint density at radius 3 is 2.34 bits per heavy atom. The molecule has 1 amide bonds. The SMILES string of the molecule is O=C(c1cc(-c2ccncc2)nc2ccc(F)cc12)N1CCN(c2cccc(C(F)(F)F)c2)CC1. The van der Waals surface area contributed by atoms with E-state index in [-0.39, 0.29) is 5.91 Å². The van der Waals surface area contributed by atoms with Crippen LogP contribution >= 0.6 is 0 Å². The summed E-state index contributed by atoms with van der Waals surface area (Å²) in [7, 11) is 0. The Bertz CT molecular complexity index is 1380. The van der Waals surface area contributed by atoms with Crippen molar-refractivity contribution in [2.24, 2.45) is 0 Å². The van der Waals surface area contributed by atoms with Crippen LogP contribution in [-0.4, -0.2) is 47.0 Å². The van der Waals surface area contributed by atoms with Gasteiger partial charge in [-0.05, 0) is 54.6 Å². The third-order valence-electron chi connectivity index (χ3n) is 6.08. The first-order valence-corrected chi connectivity index (χ1v) is 11.0. The predicted molar refractivity (Wildman–Crippen MR) is 124 cm³/mol. The zero-order valence-electron chi connectivity index (χ0n) is 18.5. The largest absolute Gasteiger partial charge is 0.416 e. The zero-order valence-corrected chi connectivity index (χ0v) is 18.5. The molecule has 3 heterocycles. The third-order valence-corrected chi connectivity index (χ3v) is 6.08. The minimum atomic E-state index is -4.42. The van der Waals surface area contributed by atoms with Crippen molar-refractivity contribution in [3.05, 3.63) is 90.0 Å². The molecule has 0 saturated carbocycles. The van der Waals surface area contributed by atoms with Gasteiger partial charge in [0.15, 0.2) is 0 Å². The van der Waals surface area contributed by atoms with Crippen molar-refractivity contribution in [2.45, 2.75) is 6.18 Å². The second kappa shape index (κ2) is 8.98. The van der Waals surface area contributed by atoms with Crippen molar-refractivity contribution in [3.8, 4) is 11.3 Å². The molecule has 0 N–H and O–H groups in total. The molecule has 0 aliphatic carbocycles. The minimum Gasteiger partial charge on any atom is -0.368 e. The van der Waals surface area contributed by atoms with E-state index >= 15 is 0 Å². The summed E-state index contributed by atoms with van der Waals surface area (Å²) in [6.45, 7) is 1.39. The van der Waals surface area contributed by atoms with Crippen LogP contribution < -0.4 is 4.90 Å². The fraction of sp³-hybridized carbons (Fsp3) is 0.192. The third kappa shape index (κ3) is 4.66. The van der Waals surface area contributed by atoms with Gasteiger partial charge in [-0.25, -0.2) is 9.37 Å². The van der Waals surface area contributed by atoms with Crippen LogP contribution in [0, 0.1) is 5.82 Å². The number of hydrogen-bond acceptors (Lipinski definition) is 4. The van der Waals surface area contributed by atoms with E-state index in [2.05, 4.69) is 9.97 Å².